The first kappa shape index (κ1) is 17.0. The van der Waals surface area contributed by atoms with Gasteiger partial charge in [-0.05, 0) is 16.5 Å². The summed E-state index contributed by atoms with van der Waals surface area (Å²) < 4.78 is 0. The highest BCUT2D eigenvalue weighted by molar-refractivity contribution is 5.74. The van der Waals surface area contributed by atoms with E-state index in [0.717, 1.165) is 5.56 Å². The second kappa shape index (κ2) is 7.67. The molecule has 0 spiro atoms. The summed E-state index contributed by atoms with van der Waals surface area (Å²) in [4.78, 5) is 22.4. The van der Waals surface area contributed by atoms with E-state index in [1.54, 1.807) is 0 Å². The number of benzene rings is 1. The van der Waals surface area contributed by atoms with Crippen LogP contribution in [0.1, 0.15) is 38.8 Å². The molecular weight excluding hydrogens is 266 g/mol. The van der Waals surface area contributed by atoms with Gasteiger partial charge in [0.2, 0.25) is 5.91 Å². The summed E-state index contributed by atoms with van der Waals surface area (Å²) in [6.07, 6.45) is 0. The Balaban J connectivity index is 2.45. The van der Waals surface area contributed by atoms with Gasteiger partial charge in [0.1, 0.15) is 0 Å². The molecule has 1 aromatic carbocycles. The van der Waals surface area contributed by atoms with Gasteiger partial charge in [0.05, 0.1) is 0 Å². The molecule has 0 heterocycles. The molecule has 0 aliphatic rings. The zero-order chi connectivity index (χ0) is 15.9. The maximum absolute atomic E-state index is 11.7. The Bertz CT molecular complexity index is 493. The Hall–Kier alpha value is -2.04. The second-order valence-corrected chi connectivity index (χ2v) is 6.00. The van der Waals surface area contributed by atoms with Gasteiger partial charge >= 0.3 is 6.03 Å². The quantitative estimate of drug-likeness (QED) is 0.725. The van der Waals surface area contributed by atoms with Gasteiger partial charge in [0, 0.05) is 26.6 Å². The number of amides is 3. The highest BCUT2D eigenvalue weighted by Crippen LogP contribution is 2.25. The van der Waals surface area contributed by atoms with Crippen LogP contribution in [0.3, 0.4) is 0 Å². The van der Waals surface area contributed by atoms with Crippen molar-refractivity contribution < 1.29 is 9.59 Å². The van der Waals surface area contributed by atoms with E-state index in [9.17, 15) is 9.59 Å². The average molecular weight is 291 g/mol. The van der Waals surface area contributed by atoms with E-state index in [2.05, 4.69) is 42.8 Å². The summed E-state index contributed by atoms with van der Waals surface area (Å²) in [6.45, 7) is 9.23. The molecule has 0 aromatic heterocycles. The Morgan fingerprint density at radius 1 is 1.00 bits per heavy atom. The average Bonchev–Trinajstić information content (AvgIpc) is 2.40. The van der Waals surface area contributed by atoms with Gasteiger partial charge in [-0.3, -0.25) is 4.79 Å². The molecule has 5 nitrogen and oxygen atoms in total. The molecule has 3 N–H and O–H groups in total. The van der Waals surface area contributed by atoms with Crippen LogP contribution >= 0.6 is 0 Å². The largest absolute Gasteiger partial charge is 0.355 e. The smallest absolute Gasteiger partial charge is 0.315 e. The molecule has 0 fully saturated rings. The molecule has 0 aliphatic carbocycles. The van der Waals surface area contributed by atoms with Crippen LogP contribution in [0.2, 0.25) is 0 Å². The number of carbonyl (C=O) groups excluding carboxylic acids is 2. The summed E-state index contributed by atoms with van der Waals surface area (Å²) in [5.41, 5.74) is 2.38. The number of nitrogens with one attached hydrogen (secondary N) is 3. The van der Waals surface area contributed by atoms with Crippen LogP contribution in [0, 0.1) is 0 Å². The first-order chi connectivity index (χ1) is 9.80. The molecule has 0 saturated heterocycles. The van der Waals surface area contributed by atoms with Crippen molar-refractivity contribution in [1.29, 1.82) is 0 Å². The third-order valence-electron chi connectivity index (χ3n) is 3.05. The van der Waals surface area contributed by atoms with Gasteiger partial charge in [-0.1, -0.05) is 45.0 Å². The van der Waals surface area contributed by atoms with Crippen molar-refractivity contribution in [2.75, 3.05) is 13.1 Å². The summed E-state index contributed by atoms with van der Waals surface area (Å²) >= 11 is 0. The first-order valence-corrected chi connectivity index (χ1v) is 7.15. The topological polar surface area (TPSA) is 70.2 Å². The molecule has 1 rings (SSSR count). The monoisotopic (exact) mass is 291 g/mol. The Morgan fingerprint density at radius 3 is 2.24 bits per heavy atom. The number of rotatable bonds is 5. The van der Waals surface area contributed by atoms with E-state index in [1.165, 1.54) is 12.5 Å². The molecule has 0 aliphatic heterocycles. The second-order valence-electron chi connectivity index (χ2n) is 6.00. The number of hydrogen-bond donors (Lipinski definition) is 3. The molecule has 0 saturated carbocycles. The van der Waals surface area contributed by atoms with Crippen molar-refractivity contribution in [3.63, 3.8) is 0 Å². The van der Waals surface area contributed by atoms with E-state index in [-0.39, 0.29) is 17.4 Å². The zero-order valence-electron chi connectivity index (χ0n) is 13.2. The van der Waals surface area contributed by atoms with Gasteiger partial charge in [0.25, 0.3) is 0 Å². The van der Waals surface area contributed by atoms with Crippen LogP contribution < -0.4 is 16.0 Å². The normalized spacial score (nSPS) is 10.9. The highest BCUT2D eigenvalue weighted by atomic mass is 16.2. The minimum absolute atomic E-state index is 0.0418. The van der Waals surface area contributed by atoms with Crippen molar-refractivity contribution in [2.24, 2.45) is 0 Å². The van der Waals surface area contributed by atoms with Crippen LogP contribution in [-0.2, 0) is 16.8 Å². The lowest BCUT2D eigenvalue weighted by Crippen LogP contribution is -2.39. The van der Waals surface area contributed by atoms with Crippen molar-refractivity contribution in [2.45, 2.75) is 39.7 Å². The first-order valence-electron chi connectivity index (χ1n) is 7.15. The van der Waals surface area contributed by atoms with Crippen LogP contribution in [-0.4, -0.2) is 25.0 Å². The molecule has 116 valence electrons. The number of hydrogen-bond acceptors (Lipinski definition) is 2. The molecule has 21 heavy (non-hydrogen) atoms. The predicted octanol–water partition coefficient (Wildman–Crippen LogP) is 1.92. The molecule has 3 amide bonds. The summed E-state index contributed by atoms with van der Waals surface area (Å²) in [7, 11) is 0. The lowest BCUT2D eigenvalue weighted by atomic mass is 9.84. The molecule has 0 unspecified atom stereocenters. The van der Waals surface area contributed by atoms with Crippen LogP contribution in [0.4, 0.5) is 4.79 Å². The SMILES string of the molecule is CC(=O)NCCNC(=O)NCc1ccccc1C(C)(C)C. The fourth-order valence-electron chi connectivity index (χ4n) is 2.06. The number of carbonyl (C=O) groups is 2. The van der Waals surface area contributed by atoms with E-state index >= 15 is 0 Å². The lowest BCUT2D eigenvalue weighted by Gasteiger charge is -2.23. The van der Waals surface area contributed by atoms with Gasteiger partial charge in [0.15, 0.2) is 0 Å². The van der Waals surface area contributed by atoms with Crippen LogP contribution in [0.25, 0.3) is 0 Å². The fourth-order valence-corrected chi connectivity index (χ4v) is 2.06. The summed E-state index contributed by atoms with van der Waals surface area (Å²) in [5.74, 6) is -0.101. The van der Waals surface area contributed by atoms with Crippen molar-refractivity contribution >= 4 is 11.9 Å². The Kier molecular flexibility index (Phi) is 6.21. The highest BCUT2D eigenvalue weighted by Gasteiger charge is 2.17. The lowest BCUT2D eigenvalue weighted by molar-refractivity contribution is -0.118. The molecular formula is C16H25N3O2. The van der Waals surface area contributed by atoms with Crippen LogP contribution in [0.5, 0.6) is 0 Å². The van der Waals surface area contributed by atoms with Gasteiger partial charge in [-0.15, -0.1) is 0 Å². The molecule has 0 radical (unpaired) electrons. The number of urea groups is 1. The minimum Gasteiger partial charge on any atom is -0.355 e. The van der Waals surface area contributed by atoms with Crippen molar-refractivity contribution in [1.82, 2.24) is 16.0 Å². The van der Waals surface area contributed by atoms with Crippen molar-refractivity contribution in [3.05, 3.63) is 35.4 Å². The summed E-state index contributed by atoms with van der Waals surface area (Å²) in [6, 6.07) is 7.87. The predicted molar refractivity (Wildman–Crippen MR) is 84.1 cm³/mol. The van der Waals surface area contributed by atoms with Gasteiger partial charge < -0.3 is 16.0 Å². The third kappa shape index (κ3) is 6.29. The minimum atomic E-state index is -0.232. The third-order valence-corrected chi connectivity index (χ3v) is 3.05. The molecule has 5 heteroatoms. The van der Waals surface area contributed by atoms with E-state index < -0.39 is 0 Å². The Morgan fingerprint density at radius 2 is 1.62 bits per heavy atom. The fraction of sp³-hybridized carbons (Fsp3) is 0.500. The molecule has 0 bridgehead atoms. The zero-order valence-corrected chi connectivity index (χ0v) is 13.2. The van der Waals surface area contributed by atoms with E-state index in [0.29, 0.717) is 19.6 Å². The van der Waals surface area contributed by atoms with E-state index in [4.69, 9.17) is 0 Å². The van der Waals surface area contributed by atoms with Crippen molar-refractivity contribution in [3.8, 4) is 0 Å². The Labute approximate surface area is 126 Å². The maximum atomic E-state index is 11.7. The summed E-state index contributed by atoms with van der Waals surface area (Å²) in [5, 5.41) is 8.16. The maximum Gasteiger partial charge on any atom is 0.315 e. The van der Waals surface area contributed by atoms with Gasteiger partial charge in [-0.25, -0.2) is 4.79 Å². The molecule has 0 atom stereocenters. The van der Waals surface area contributed by atoms with E-state index in [1.807, 2.05) is 18.2 Å². The van der Waals surface area contributed by atoms with Crippen LogP contribution in [0.15, 0.2) is 24.3 Å². The van der Waals surface area contributed by atoms with Gasteiger partial charge in [-0.2, -0.15) is 0 Å². The standard InChI is InChI=1S/C16H25N3O2/c1-12(20)17-9-10-18-15(21)19-11-13-7-5-6-8-14(13)16(2,3)4/h5-8H,9-11H2,1-4H3,(H,17,20)(H2,18,19,21). The molecule has 1 aromatic rings.